The van der Waals surface area contributed by atoms with Gasteiger partial charge in [0.1, 0.15) is 18.1 Å². The third-order valence-corrected chi connectivity index (χ3v) is 1.80. The molecule has 17 heavy (non-hydrogen) atoms. The Balaban J connectivity index is 3.22. The number of nitrogens with zero attached hydrogens (tertiary/aromatic N) is 2. The first-order valence-electron chi connectivity index (χ1n) is 4.27. The van der Waals surface area contributed by atoms with Gasteiger partial charge in [0.25, 0.3) is 0 Å². The van der Waals surface area contributed by atoms with Gasteiger partial charge in [-0.15, -0.1) is 13.2 Å². The minimum absolute atomic E-state index is 0.438. The summed E-state index contributed by atoms with van der Waals surface area (Å²) in [6.45, 7) is -1.16. The average molecular weight is 250 g/mol. The van der Waals surface area contributed by atoms with Crippen LogP contribution < -0.4 is 4.74 Å². The lowest BCUT2D eigenvalue weighted by Gasteiger charge is -2.13. The standard InChI is InChI=1S/C9H6F4N2O2/c10-3-6-8(16)5(1-2-14)7(4-15-6)17-9(11,12)13/h4,16H,1,3H2. The molecule has 1 heterocycles. The van der Waals surface area contributed by atoms with Crippen molar-refractivity contribution in [3.05, 3.63) is 17.5 Å². The molecule has 4 nitrogen and oxygen atoms in total. The Kier molecular flexibility index (Phi) is 3.73. The molecule has 0 atom stereocenters. The van der Waals surface area contributed by atoms with Gasteiger partial charge >= 0.3 is 6.36 Å². The van der Waals surface area contributed by atoms with E-state index in [2.05, 4.69) is 9.72 Å². The zero-order valence-electron chi connectivity index (χ0n) is 8.25. The molecule has 0 aliphatic carbocycles. The van der Waals surface area contributed by atoms with E-state index in [0.29, 0.717) is 6.20 Å². The van der Waals surface area contributed by atoms with Crippen molar-refractivity contribution in [3.8, 4) is 17.6 Å². The number of alkyl halides is 4. The molecular weight excluding hydrogens is 244 g/mol. The molecule has 0 aromatic carbocycles. The lowest BCUT2D eigenvalue weighted by Crippen LogP contribution is -2.18. The average Bonchev–Trinajstić information content (AvgIpc) is 2.22. The molecule has 0 saturated carbocycles. The Morgan fingerprint density at radius 1 is 1.47 bits per heavy atom. The zero-order chi connectivity index (χ0) is 13.1. The molecule has 0 radical (unpaired) electrons. The van der Waals surface area contributed by atoms with Crippen LogP contribution in [0.1, 0.15) is 11.3 Å². The Labute approximate surface area is 93.1 Å². The van der Waals surface area contributed by atoms with Gasteiger partial charge in [-0.1, -0.05) is 0 Å². The third-order valence-electron chi connectivity index (χ3n) is 1.80. The molecule has 92 valence electrons. The highest BCUT2D eigenvalue weighted by atomic mass is 19.4. The number of hydrogen-bond donors (Lipinski definition) is 1. The molecule has 8 heteroatoms. The largest absolute Gasteiger partial charge is 0.573 e. The van der Waals surface area contributed by atoms with Crippen LogP contribution in [-0.4, -0.2) is 16.5 Å². The van der Waals surface area contributed by atoms with E-state index in [4.69, 9.17) is 5.26 Å². The molecule has 0 aliphatic heterocycles. The zero-order valence-corrected chi connectivity index (χ0v) is 8.25. The van der Waals surface area contributed by atoms with Crippen molar-refractivity contribution in [2.24, 2.45) is 0 Å². The minimum atomic E-state index is -4.98. The van der Waals surface area contributed by atoms with Crippen molar-refractivity contribution in [3.63, 3.8) is 0 Å². The van der Waals surface area contributed by atoms with Gasteiger partial charge in [-0.05, 0) is 0 Å². The number of aromatic nitrogens is 1. The van der Waals surface area contributed by atoms with Crippen molar-refractivity contribution >= 4 is 0 Å². The molecule has 0 fully saturated rings. The Morgan fingerprint density at radius 2 is 2.12 bits per heavy atom. The van der Waals surface area contributed by atoms with Crippen LogP contribution in [-0.2, 0) is 13.1 Å². The monoisotopic (exact) mass is 250 g/mol. The second kappa shape index (κ2) is 4.86. The summed E-state index contributed by atoms with van der Waals surface area (Å²) < 4.78 is 51.8. The highest BCUT2D eigenvalue weighted by Gasteiger charge is 2.33. The minimum Gasteiger partial charge on any atom is -0.505 e. The van der Waals surface area contributed by atoms with E-state index in [1.54, 1.807) is 6.07 Å². The van der Waals surface area contributed by atoms with Crippen molar-refractivity contribution in [2.75, 3.05) is 0 Å². The van der Waals surface area contributed by atoms with E-state index in [1.807, 2.05) is 0 Å². The summed E-state index contributed by atoms with van der Waals surface area (Å²) in [5, 5.41) is 17.8. The number of pyridine rings is 1. The van der Waals surface area contributed by atoms with Crippen LogP contribution in [0, 0.1) is 11.3 Å². The Hall–Kier alpha value is -2.04. The van der Waals surface area contributed by atoms with E-state index >= 15 is 0 Å². The summed E-state index contributed by atoms with van der Waals surface area (Å²) in [5.41, 5.74) is -0.878. The van der Waals surface area contributed by atoms with E-state index in [1.165, 1.54) is 0 Å². The fraction of sp³-hybridized carbons (Fsp3) is 0.333. The molecule has 0 bridgehead atoms. The molecule has 1 rings (SSSR count). The van der Waals surface area contributed by atoms with Gasteiger partial charge in [0.2, 0.25) is 0 Å². The van der Waals surface area contributed by atoms with Crippen LogP contribution in [0.2, 0.25) is 0 Å². The van der Waals surface area contributed by atoms with Gasteiger partial charge in [-0.25, -0.2) is 4.39 Å². The molecule has 0 amide bonds. The van der Waals surface area contributed by atoms with Crippen LogP contribution in [0.3, 0.4) is 0 Å². The lowest BCUT2D eigenvalue weighted by molar-refractivity contribution is -0.275. The third kappa shape index (κ3) is 3.21. The van der Waals surface area contributed by atoms with Crippen LogP contribution in [0.4, 0.5) is 17.6 Å². The molecular formula is C9H6F4N2O2. The van der Waals surface area contributed by atoms with Gasteiger partial charge < -0.3 is 9.84 Å². The molecule has 1 aromatic rings. The van der Waals surface area contributed by atoms with Crippen LogP contribution >= 0.6 is 0 Å². The van der Waals surface area contributed by atoms with Gasteiger partial charge in [-0.2, -0.15) is 5.26 Å². The Morgan fingerprint density at radius 3 is 2.59 bits per heavy atom. The second-order valence-electron chi connectivity index (χ2n) is 2.91. The normalized spacial score (nSPS) is 11.0. The maximum absolute atomic E-state index is 12.3. The summed E-state index contributed by atoms with van der Waals surface area (Å²) in [5.74, 6) is -1.61. The van der Waals surface area contributed by atoms with Crippen LogP contribution in [0.5, 0.6) is 11.5 Å². The van der Waals surface area contributed by atoms with Crippen LogP contribution in [0.25, 0.3) is 0 Å². The van der Waals surface area contributed by atoms with Gasteiger partial charge in [0.05, 0.1) is 24.3 Å². The molecule has 1 aromatic heterocycles. The maximum atomic E-state index is 12.3. The summed E-state index contributed by atoms with van der Waals surface area (Å²) >= 11 is 0. The van der Waals surface area contributed by atoms with Gasteiger partial charge in [-0.3, -0.25) is 4.98 Å². The van der Waals surface area contributed by atoms with Crippen molar-refractivity contribution in [1.82, 2.24) is 4.98 Å². The molecule has 0 aliphatic rings. The predicted molar refractivity (Wildman–Crippen MR) is 46.7 cm³/mol. The molecule has 1 N–H and O–H groups in total. The number of ether oxygens (including phenoxy) is 1. The number of nitriles is 1. The molecule has 0 unspecified atom stereocenters. The summed E-state index contributed by atoms with van der Waals surface area (Å²) in [6, 6.07) is 1.54. The number of halogens is 4. The maximum Gasteiger partial charge on any atom is 0.573 e. The smallest absolute Gasteiger partial charge is 0.505 e. The quantitative estimate of drug-likeness (QED) is 0.835. The SMILES string of the molecule is N#CCc1c(OC(F)(F)F)cnc(CF)c1O. The topological polar surface area (TPSA) is 66.1 Å². The van der Waals surface area contributed by atoms with Crippen molar-refractivity contribution < 1.29 is 27.4 Å². The van der Waals surface area contributed by atoms with Crippen LogP contribution in [0.15, 0.2) is 6.20 Å². The second-order valence-corrected chi connectivity index (χ2v) is 2.91. The number of rotatable bonds is 3. The van der Waals surface area contributed by atoms with Crippen molar-refractivity contribution in [1.29, 1.82) is 5.26 Å². The van der Waals surface area contributed by atoms with Gasteiger partial charge in [0, 0.05) is 0 Å². The van der Waals surface area contributed by atoms with Crippen molar-refractivity contribution in [2.45, 2.75) is 19.5 Å². The number of hydrogen-bond acceptors (Lipinski definition) is 4. The highest BCUT2D eigenvalue weighted by molar-refractivity contribution is 5.46. The fourth-order valence-electron chi connectivity index (χ4n) is 1.13. The van der Waals surface area contributed by atoms with E-state index in [-0.39, 0.29) is 0 Å². The van der Waals surface area contributed by atoms with Gasteiger partial charge in [0.15, 0.2) is 5.75 Å². The molecule has 0 saturated heterocycles. The van der Waals surface area contributed by atoms with E-state index < -0.39 is 42.2 Å². The first-order chi connectivity index (χ1) is 7.89. The Bertz CT molecular complexity index is 454. The molecule has 0 spiro atoms. The summed E-state index contributed by atoms with van der Waals surface area (Å²) in [4.78, 5) is 3.26. The van der Waals surface area contributed by atoms with E-state index in [9.17, 15) is 22.7 Å². The predicted octanol–water partition coefficient (Wildman–Crippen LogP) is 2.22. The summed E-state index contributed by atoms with van der Waals surface area (Å²) in [7, 11) is 0. The first kappa shape index (κ1) is 13.0. The first-order valence-corrected chi connectivity index (χ1v) is 4.27. The van der Waals surface area contributed by atoms with E-state index in [0.717, 1.165) is 0 Å². The lowest BCUT2D eigenvalue weighted by atomic mass is 10.1. The summed E-state index contributed by atoms with van der Waals surface area (Å²) in [6.07, 6.45) is -4.91. The number of aromatic hydroxyl groups is 1. The highest BCUT2D eigenvalue weighted by Crippen LogP contribution is 2.33. The fourth-order valence-corrected chi connectivity index (χ4v) is 1.13.